The fourth-order valence-corrected chi connectivity index (χ4v) is 2.24. The van der Waals surface area contributed by atoms with Crippen LogP contribution in [0.25, 0.3) is 0 Å². The first kappa shape index (κ1) is 15.4. The van der Waals surface area contributed by atoms with Crippen molar-refractivity contribution in [3.8, 4) is 0 Å². The van der Waals surface area contributed by atoms with E-state index < -0.39 is 11.6 Å². The van der Waals surface area contributed by atoms with Gasteiger partial charge < -0.3 is 5.73 Å². The van der Waals surface area contributed by atoms with E-state index in [9.17, 15) is 8.78 Å². The second-order valence-electron chi connectivity index (χ2n) is 4.60. The van der Waals surface area contributed by atoms with Crippen LogP contribution in [0.2, 0.25) is 5.02 Å². The van der Waals surface area contributed by atoms with Crippen LogP contribution in [0, 0.1) is 11.6 Å². The van der Waals surface area contributed by atoms with Crippen LogP contribution in [0.1, 0.15) is 57.1 Å². The van der Waals surface area contributed by atoms with Gasteiger partial charge in [0.2, 0.25) is 0 Å². The van der Waals surface area contributed by atoms with Crippen molar-refractivity contribution in [2.24, 2.45) is 5.73 Å². The van der Waals surface area contributed by atoms with Gasteiger partial charge in [-0.2, -0.15) is 0 Å². The number of hydrogen-bond acceptors (Lipinski definition) is 1. The van der Waals surface area contributed by atoms with Crippen molar-refractivity contribution in [3.63, 3.8) is 0 Å². The molecule has 0 bridgehead atoms. The lowest BCUT2D eigenvalue weighted by molar-refractivity contribution is 0.501. The van der Waals surface area contributed by atoms with E-state index in [1.165, 1.54) is 19.3 Å². The average molecular weight is 276 g/mol. The lowest BCUT2D eigenvalue weighted by Crippen LogP contribution is -2.11. The maximum absolute atomic E-state index is 13.1. The number of nitrogens with two attached hydrogens (primary N) is 1. The first-order valence-electron chi connectivity index (χ1n) is 6.46. The molecule has 2 N–H and O–H groups in total. The van der Waals surface area contributed by atoms with Gasteiger partial charge in [-0.25, -0.2) is 8.78 Å². The molecule has 0 saturated carbocycles. The molecule has 18 heavy (non-hydrogen) atoms. The maximum Gasteiger partial charge on any atom is 0.160 e. The summed E-state index contributed by atoms with van der Waals surface area (Å²) in [6.45, 7) is 2.16. The highest BCUT2D eigenvalue weighted by Gasteiger charge is 2.14. The Morgan fingerprint density at radius 1 is 1.11 bits per heavy atom. The zero-order chi connectivity index (χ0) is 13.5. The minimum Gasteiger partial charge on any atom is -0.324 e. The van der Waals surface area contributed by atoms with E-state index in [0.717, 1.165) is 31.4 Å². The summed E-state index contributed by atoms with van der Waals surface area (Å²) >= 11 is 5.87. The second-order valence-corrected chi connectivity index (χ2v) is 5.00. The highest BCUT2D eigenvalue weighted by molar-refractivity contribution is 6.31. The van der Waals surface area contributed by atoms with Gasteiger partial charge in [-0.3, -0.25) is 0 Å². The summed E-state index contributed by atoms with van der Waals surface area (Å²) in [7, 11) is 0. The molecule has 0 spiro atoms. The SMILES string of the molecule is CCCCCCCC(N)c1cc(F)c(F)cc1Cl. The van der Waals surface area contributed by atoms with Crippen molar-refractivity contribution < 1.29 is 8.78 Å². The molecule has 0 aliphatic heterocycles. The number of rotatable bonds is 7. The molecular weight excluding hydrogens is 256 g/mol. The van der Waals surface area contributed by atoms with Crippen molar-refractivity contribution in [1.29, 1.82) is 0 Å². The van der Waals surface area contributed by atoms with Crippen LogP contribution in [-0.4, -0.2) is 0 Å². The number of halogens is 3. The maximum atomic E-state index is 13.1. The number of unbranched alkanes of at least 4 members (excludes halogenated alkanes) is 4. The third-order valence-corrected chi connectivity index (χ3v) is 3.39. The molecule has 1 rings (SSSR count). The predicted octanol–water partition coefficient (Wildman–Crippen LogP) is 4.98. The Bertz CT molecular complexity index is 382. The highest BCUT2D eigenvalue weighted by Crippen LogP contribution is 2.27. The molecule has 1 aromatic carbocycles. The number of hydrogen-bond donors (Lipinski definition) is 1. The van der Waals surface area contributed by atoms with E-state index >= 15 is 0 Å². The Balaban J connectivity index is 2.51. The Morgan fingerprint density at radius 2 is 1.72 bits per heavy atom. The quantitative estimate of drug-likeness (QED) is 0.551. The van der Waals surface area contributed by atoms with Crippen molar-refractivity contribution in [2.75, 3.05) is 0 Å². The van der Waals surface area contributed by atoms with E-state index in [4.69, 9.17) is 17.3 Å². The summed E-state index contributed by atoms with van der Waals surface area (Å²) in [6.07, 6.45) is 6.45. The van der Waals surface area contributed by atoms with Gasteiger partial charge in [0, 0.05) is 11.1 Å². The molecule has 0 heterocycles. The molecule has 1 nitrogen and oxygen atoms in total. The fourth-order valence-electron chi connectivity index (χ4n) is 1.95. The van der Waals surface area contributed by atoms with Gasteiger partial charge in [-0.15, -0.1) is 0 Å². The van der Waals surface area contributed by atoms with E-state index in [-0.39, 0.29) is 11.1 Å². The minimum atomic E-state index is -0.932. The van der Waals surface area contributed by atoms with Gasteiger partial charge in [0.25, 0.3) is 0 Å². The fraction of sp³-hybridized carbons (Fsp3) is 0.571. The standard InChI is InChI=1S/C14H20ClF2N/c1-2-3-4-5-6-7-14(18)10-8-12(16)13(17)9-11(10)15/h8-9,14H,2-7,18H2,1H3. The van der Waals surface area contributed by atoms with Crippen LogP contribution >= 0.6 is 11.6 Å². The van der Waals surface area contributed by atoms with Crippen LogP contribution in [0.4, 0.5) is 8.78 Å². The lowest BCUT2D eigenvalue weighted by Gasteiger charge is -2.14. The summed E-state index contributed by atoms with van der Waals surface area (Å²) in [5.74, 6) is -1.82. The van der Waals surface area contributed by atoms with Crippen LogP contribution in [0.15, 0.2) is 12.1 Å². The van der Waals surface area contributed by atoms with Gasteiger partial charge in [-0.1, -0.05) is 50.6 Å². The monoisotopic (exact) mass is 275 g/mol. The molecule has 102 valence electrons. The molecule has 1 unspecified atom stereocenters. The third-order valence-electron chi connectivity index (χ3n) is 3.06. The Morgan fingerprint density at radius 3 is 2.39 bits per heavy atom. The molecule has 4 heteroatoms. The first-order chi connectivity index (χ1) is 8.56. The van der Waals surface area contributed by atoms with Crippen molar-refractivity contribution in [2.45, 2.75) is 51.5 Å². The summed E-state index contributed by atoms with van der Waals surface area (Å²) < 4.78 is 26.0. The molecule has 1 atom stereocenters. The van der Waals surface area contributed by atoms with Gasteiger partial charge in [-0.05, 0) is 24.1 Å². The normalized spacial score (nSPS) is 12.7. The molecule has 0 amide bonds. The van der Waals surface area contributed by atoms with Gasteiger partial charge >= 0.3 is 0 Å². The van der Waals surface area contributed by atoms with E-state index in [1.54, 1.807) is 0 Å². The van der Waals surface area contributed by atoms with Crippen molar-refractivity contribution in [1.82, 2.24) is 0 Å². The van der Waals surface area contributed by atoms with Crippen LogP contribution < -0.4 is 5.73 Å². The Labute approximate surface area is 112 Å². The summed E-state index contributed by atoms with van der Waals surface area (Å²) in [5, 5.41) is 0.204. The van der Waals surface area contributed by atoms with E-state index in [1.807, 2.05) is 0 Å². The minimum absolute atomic E-state index is 0.204. The van der Waals surface area contributed by atoms with Crippen molar-refractivity contribution in [3.05, 3.63) is 34.4 Å². The molecule has 0 aliphatic carbocycles. The van der Waals surface area contributed by atoms with Crippen LogP contribution in [-0.2, 0) is 0 Å². The molecule has 0 aromatic heterocycles. The number of benzene rings is 1. The molecular formula is C14H20ClF2N. The molecule has 0 radical (unpaired) electrons. The third kappa shape index (κ3) is 4.54. The lowest BCUT2D eigenvalue weighted by atomic mass is 10.0. The zero-order valence-electron chi connectivity index (χ0n) is 10.7. The smallest absolute Gasteiger partial charge is 0.160 e. The molecule has 0 saturated heterocycles. The van der Waals surface area contributed by atoms with Gasteiger partial charge in [0.1, 0.15) is 0 Å². The second kappa shape index (κ2) is 7.70. The highest BCUT2D eigenvalue weighted by atomic mass is 35.5. The van der Waals surface area contributed by atoms with E-state index in [0.29, 0.717) is 5.56 Å². The summed E-state index contributed by atoms with van der Waals surface area (Å²) in [5.41, 5.74) is 6.45. The average Bonchev–Trinajstić information content (AvgIpc) is 2.33. The predicted molar refractivity (Wildman–Crippen MR) is 71.7 cm³/mol. The van der Waals surface area contributed by atoms with Crippen molar-refractivity contribution >= 4 is 11.6 Å². The summed E-state index contributed by atoms with van der Waals surface area (Å²) in [6, 6.07) is 1.77. The Hall–Kier alpha value is -0.670. The molecule has 0 aliphatic rings. The zero-order valence-corrected chi connectivity index (χ0v) is 11.4. The van der Waals surface area contributed by atoms with Crippen LogP contribution in [0.3, 0.4) is 0 Å². The largest absolute Gasteiger partial charge is 0.324 e. The van der Waals surface area contributed by atoms with Gasteiger partial charge in [0.15, 0.2) is 11.6 Å². The summed E-state index contributed by atoms with van der Waals surface area (Å²) in [4.78, 5) is 0. The van der Waals surface area contributed by atoms with E-state index in [2.05, 4.69) is 6.92 Å². The molecule has 1 aromatic rings. The Kier molecular flexibility index (Phi) is 6.58. The van der Waals surface area contributed by atoms with Gasteiger partial charge in [0.05, 0.1) is 0 Å². The first-order valence-corrected chi connectivity index (χ1v) is 6.84. The topological polar surface area (TPSA) is 26.0 Å². The van der Waals surface area contributed by atoms with Crippen LogP contribution in [0.5, 0.6) is 0 Å². The molecule has 0 fully saturated rings.